The number of carbonyl (C=O) groups is 1. The van der Waals surface area contributed by atoms with Gasteiger partial charge < -0.3 is 15.4 Å². The summed E-state index contributed by atoms with van der Waals surface area (Å²) in [7, 11) is 0. The largest absolute Gasteiger partial charge is 0.506 e. The van der Waals surface area contributed by atoms with E-state index in [0.717, 1.165) is 19.3 Å². The Balaban J connectivity index is 1.26. The number of aryl methyl sites for hydroxylation is 1. The van der Waals surface area contributed by atoms with Crippen LogP contribution in [0.1, 0.15) is 54.4 Å². The lowest BCUT2D eigenvalue weighted by molar-refractivity contribution is 0.0952. The third kappa shape index (κ3) is 6.34. The van der Waals surface area contributed by atoms with Gasteiger partial charge in [-0.25, -0.2) is 0 Å². The number of halogens is 2. The van der Waals surface area contributed by atoms with Gasteiger partial charge in [-0.15, -0.1) is 0 Å². The van der Waals surface area contributed by atoms with Gasteiger partial charge >= 0.3 is 0 Å². The van der Waals surface area contributed by atoms with Crippen LogP contribution < -0.4 is 5.32 Å². The third-order valence-electron chi connectivity index (χ3n) is 5.11. The molecular formula is C23H26I2N2O2. The van der Waals surface area contributed by atoms with Crippen LogP contribution in [0.4, 0.5) is 0 Å². The van der Waals surface area contributed by atoms with Crippen LogP contribution >= 0.6 is 45.2 Å². The standard InChI is InChI=1S/C23H26I2N2O2/c24-19-13-17(14-20(25)22(19)28)23(29)26-12-8-4-2-1-3-5-9-16-15-27-21-11-7-6-10-18(16)21/h6-7,10-11,13-15,27-28H,1-5,8-9,12H2,(H,26,29). The van der Waals surface area contributed by atoms with Crippen molar-refractivity contribution in [3.05, 3.63) is 60.9 Å². The van der Waals surface area contributed by atoms with E-state index in [0.29, 0.717) is 19.2 Å². The molecule has 3 N–H and O–H groups in total. The molecule has 0 atom stereocenters. The van der Waals surface area contributed by atoms with E-state index in [1.807, 2.05) is 45.2 Å². The first-order chi connectivity index (χ1) is 14.1. The Kier molecular flexibility index (Phi) is 8.65. The fourth-order valence-electron chi connectivity index (χ4n) is 3.49. The number of hydrogen-bond donors (Lipinski definition) is 3. The highest BCUT2D eigenvalue weighted by Crippen LogP contribution is 2.27. The van der Waals surface area contributed by atoms with Crippen molar-refractivity contribution >= 4 is 62.0 Å². The highest BCUT2D eigenvalue weighted by atomic mass is 127. The molecule has 0 spiro atoms. The molecule has 0 bridgehead atoms. The van der Waals surface area contributed by atoms with Gasteiger partial charge in [0, 0.05) is 29.2 Å². The normalized spacial score (nSPS) is 11.1. The van der Waals surface area contributed by atoms with Crippen molar-refractivity contribution < 1.29 is 9.90 Å². The van der Waals surface area contributed by atoms with Gasteiger partial charge in [-0.3, -0.25) is 4.79 Å². The van der Waals surface area contributed by atoms with Crippen molar-refractivity contribution in [1.82, 2.24) is 10.3 Å². The number of nitrogens with one attached hydrogen (secondary N) is 2. The predicted octanol–water partition coefficient (Wildman–Crippen LogP) is 6.40. The summed E-state index contributed by atoms with van der Waals surface area (Å²) < 4.78 is 1.40. The van der Waals surface area contributed by atoms with Crippen molar-refractivity contribution in [2.75, 3.05) is 6.54 Å². The predicted molar refractivity (Wildman–Crippen MR) is 136 cm³/mol. The maximum absolute atomic E-state index is 12.2. The number of phenols is 1. The quantitative estimate of drug-likeness (QED) is 0.183. The second-order valence-electron chi connectivity index (χ2n) is 7.28. The zero-order valence-electron chi connectivity index (χ0n) is 16.3. The van der Waals surface area contributed by atoms with Crippen molar-refractivity contribution in [3.8, 4) is 5.75 Å². The number of aromatic hydroxyl groups is 1. The van der Waals surface area contributed by atoms with Crippen molar-refractivity contribution in [2.45, 2.75) is 44.9 Å². The molecule has 0 saturated carbocycles. The molecule has 6 heteroatoms. The minimum Gasteiger partial charge on any atom is -0.506 e. The first-order valence-electron chi connectivity index (χ1n) is 10.1. The second kappa shape index (κ2) is 11.2. The number of unbranched alkanes of at least 4 members (excludes halogenated alkanes) is 5. The van der Waals surface area contributed by atoms with Gasteiger partial charge in [0.25, 0.3) is 5.91 Å². The van der Waals surface area contributed by atoms with E-state index >= 15 is 0 Å². The third-order valence-corrected chi connectivity index (χ3v) is 6.76. The number of H-pyrrole nitrogens is 1. The molecule has 0 saturated heterocycles. The van der Waals surface area contributed by atoms with Gasteiger partial charge in [0.15, 0.2) is 0 Å². The van der Waals surface area contributed by atoms with Gasteiger partial charge in [-0.1, -0.05) is 43.9 Å². The summed E-state index contributed by atoms with van der Waals surface area (Å²) in [5.74, 6) is 0.173. The molecule has 154 valence electrons. The Hall–Kier alpha value is -1.29. The van der Waals surface area contributed by atoms with E-state index < -0.39 is 0 Å². The molecule has 1 heterocycles. The number of para-hydroxylation sites is 1. The topological polar surface area (TPSA) is 65.1 Å². The van der Waals surface area contributed by atoms with Crippen LogP contribution in [0.15, 0.2) is 42.6 Å². The number of fused-ring (bicyclic) bond motifs is 1. The van der Waals surface area contributed by atoms with Crippen LogP contribution in [0.2, 0.25) is 0 Å². The highest BCUT2D eigenvalue weighted by molar-refractivity contribution is 14.1. The number of aromatic amines is 1. The Labute approximate surface area is 199 Å². The number of aromatic nitrogens is 1. The zero-order chi connectivity index (χ0) is 20.6. The summed E-state index contributed by atoms with van der Waals surface area (Å²) in [6, 6.07) is 11.9. The fourth-order valence-corrected chi connectivity index (χ4v) is 5.25. The first kappa shape index (κ1) is 22.4. The number of hydrogen-bond acceptors (Lipinski definition) is 2. The van der Waals surface area contributed by atoms with Crippen LogP contribution in [-0.4, -0.2) is 22.5 Å². The minimum absolute atomic E-state index is 0.0699. The number of carbonyl (C=O) groups excluding carboxylic acids is 1. The molecular weight excluding hydrogens is 590 g/mol. The van der Waals surface area contributed by atoms with E-state index in [4.69, 9.17) is 0 Å². The van der Waals surface area contributed by atoms with Gasteiger partial charge in [-0.05, 0) is 88.2 Å². The van der Waals surface area contributed by atoms with Gasteiger partial charge in [0.1, 0.15) is 5.75 Å². The summed E-state index contributed by atoms with van der Waals surface area (Å²) in [5.41, 5.74) is 3.25. The number of amides is 1. The lowest BCUT2D eigenvalue weighted by Gasteiger charge is -2.08. The van der Waals surface area contributed by atoms with E-state index in [1.54, 1.807) is 12.1 Å². The molecule has 1 aromatic heterocycles. The Bertz CT molecular complexity index is 945. The van der Waals surface area contributed by atoms with Crippen molar-refractivity contribution in [2.24, 2.45) is 0 Å². The molecule has 1 amide bonds. The molecule has 3 rings (SSSR count). The summed E-state index contributed by atoms with van der Waals surface area (Å²) in [4.78, 5) is 15.6. The zero-order valence-corrected chi connectivity index (χ0v) is 20.6. The van der Waals surface area contributed by atoms with Gasteiger partial charge in [0.05, 0.1) is 7.14 Å². The average Bonchev–Trinajstić information content (AvgIpc) is 3.13. The molecule has 29 heavy (non-hydrogen) atoms. The SMILES string of the molecule is O=C(NCCCCCCCCc1c[nH]c2ccccc12)c1cc(I)c(O)c(I)c1. The molecule has 4 nitrogen and oxygen atoms in total. The van der Waals surface area contributed by atoms with E-state index in [1.165, 1.54) is 42.1 Å². The molecule has 0 aliphatic heterocycles. The first-order valence-corrected chi connectivity index (χ1v) is 12.2. The Morgan fingerprint density at radius 3 is 2.38 bits per heavy atom. The van der Waals surface area contributed by atoms with Crippen LogP contribution in [0.25, 0.3) is 10.9 Å². The Morgan fingerprint density at radius 1 is 0.966 bits per heavy atom. The number of benzene rings is 2. The maximum atomic E-state index is 12.2. The van der Waals surface area contributed by atoms with Gasteiger partial charge in [0.2, 0.25) is 0 Å². The van der Waals surface area contributed by atoms with Gasteiger partial charge in [-0.2, -0.15) is 0 Å². The maximum Gasteiger partial charge on any atom is 0.251 e. The molecule has 0 aliphatic carbocycles. The fraction of sp³-hybridized carbons (Fsp3) is 0.348. The Morgan fingerprint density at radius 2 is 1.62 bits per heavy atom. The van der Waals surface area contributed by atoms with E-state index in [2.05, 4.69) is 40.8 Å². The summed E-state index contributed by atoms with van der Waals surface area (Å²) in [6.45, 7) is 0.697. The van der Waals surface area contributed by atoms with Crippen molar-refractivity contribution in [3.63, 3.8) is 0 Å². The van der Waals surface area contributed by atoms with E-state index in [9.17, 15) is 9.90 Å². The number of phenolic OH excluding ortho intramolecular Hbond substituents is 1. The summed E-state index contributed by atoms with van der Waals surface area (Å²) in [5, 5.41) is 14.1. The molecule has 0 unspecified atom stereocenters. The lowest BCUT2D eigenvalue weighted by Crippen LogP contribution is -2.24. The monoisotopic (exact) mass is 616 g/mol. The molecule has 3 aromatic rings. The van der Waals surface area contributed by atoms with Crippen LogP contribution in [-0.2, 0) is 6.42 Å². The summed E-state index contributed by atoms with van der Waals surface area (Å²) >= 11 is 4.09. The minimum atomic E-state index is -0.0699. The van der Waals surface area contributed by atoms with Crippen LogP contribution in [0.3, 0.4) is 0 Å². The smallest absolute Gasteiger partial charge is 0.251 e. The second-order valence-corrected chi connectivity index (χ2v) is 9.60. The van der Waals surface area contributed by atoms with E-state index in [-0.39, 0.29) is 11.7 Å². The average molecular weight is 616 g/mol. The molecule has 0 fully saturated rings. The molecule has 2 aromatic carbocycles. The molecule has 0 aliphatic rings. The highest BCUT2D eigenvalue weighted by Gasteiger charge is 2.11. The van der Waals surface area contributed by atoms with Crippen LogP contribution in [0, 0.1) is 7.14 Å². The lowest BCUT2D eigenvalue weighted by atomic mass is 10.0. The van der Waals surface area contributed by atoms with Crippen LogP contribution in [0.5, 0.6) is 5.75 Å². The molecule has 0 radical (unpaired) electrons. The summed E-state index contributed by atoms with van der Waals surface area (Å²) in [6.07, 6.45) is 10.3. The van der Waals surface area contributed by atoms with Crippen molar-refractivity contribution in [1.29, 1.82) is 0 Å². The number of rotatable bonds is 10.